The highest BCUT2D eigenvalue weighted by Gasteiger charge is 2.57. The monoisotopic (exact) mass is 194 g/mol. The number of nitrogens with two attached hydrogens (primary N) is 1. The van der Waals surface area contributed by atoms with Gasteiger partial charge in [-0.2, -0.15) is 0 Å². The predicted octanol–water partition coefficient (Wildman–Crippen LogP) is 0.473. The van der Waals surface area contributed by atoms with Crippen LogP contribution in [0.4, 0.5) is 0 Å². The van der Waals surface area contributed by atoms with Gasteiger partial charge >= 0.3 is 0 Å². The first-order valence-corrected chi connectivity index (χ1v) is 5.45. The summed E-state index contributed by atoms with van der Waals surface area (Å²) in [6, 6.07) is 0. The zero-order valence-electron chi connectivity index (χ0n) is 8.15. The lowest BCUT2D eigenvalue weighted by Gasteiger charge is -2.57. The smallest absolute Gasteiger partial charge is 0.223 e. The van der Waals surface area contributed by atoms with Crippen molar-refractivity contribution in [1.82, 2.24) is 0 Å². The van der Waals surface area contributed by atoms with Crippen molar-refractivity contribution in [2.45, 2.75) is 31.8 Å². The first-order chi connectivity index (χ1) is 6.61. The number of primary amides is 1. The third kappa shape index (κ3) is 0.937. The Labute approximate surface area is 83.7 Å². The first-order valence-electron chi connectivity index (χ1n) is 5.45. The van der Waals surface area contributed by atoms with Crippen molar-refractivity contribution in [3.63, 3.8) is 0 Å². The summed E-state index contributed by atoms with van der Waals surface area (Å²) < 4.78 is 0. The number of carbonyl (C=O) groups excluding carboxylic acids is 1. The van der Waals surface area contributed by atoms with Crippen LogP contribution in [0.25, 0.3) is 0 Å². The van der Waals surface area contributed by atoms with Gasteiger partial charge < -0.3 is 10.8 Å². The number of rotatable bonds is 1. The number of amides is 1. The van der Waals surface area contributed by atoms with E-state index in [4.69, 9.17) is 5.73 Å². The molecule has 2 unspecified atom stereocenters. The summed E-state index contributed by atoms with van der Waals surface area (Å²) in [7, 11) is 0. The normalized spacial score (nSPS) is 54.9. The third-order valence-corrected chi connectivity index (χ3v) is 4.48. The Hall–Kier alpha value is -0.570. The number of carbonyl (C=O) groups is 1. The minimum atomic E-state index is -0.365. The summed E-state index contributed by atoms with van der Waals surface area (Å²) in [5.41, 5.74) is 5.12. The van der Waals surface area contributed by atoms with E-state index >= 15 is 0 Å². The van der Waals surface area contributed by atoms with Gasteiger partial charge in [0.1, 0.15) is 0 Å². The van der Waals surface area contributed by atoms with Crippen molar-refractivity contribution in [3.05, 3.63) is 6.42 Å². The standard InChI is InChI=1S/C11H16NO2/c12-10(14)11-3-6-1-7(4-11)9(13)8(2-6)5-11/h3,6-9,13H,1-2,4-5H2,(H2,12,14). The summed E-state index contributed by atoms with van der Waals surface area (Å²) >= 11 is 0. The zero-order chi connectivity index (χ0) is 9.92. The van der Waals surface area contributed by atoms with Crippen molar-refractivity contribution < 1.29 is 9.90 Å². The highest BCUT2D eigenvalue weighted by molar-refractivity contribution is 5.83. The van der Waals surface area contributed by atoms with Gasteiger partial charge in [0.15, 0.2) is 0 Å². The van der Waals surface area contributed by atoms with Crippen molar-refractivity contribution in [3.8, 4) is 0 Å². The van der Waals surface area contributed by atoms with E-state index in [0.717, 1.165) is 25.7 Å². The fourth-order valence-corrected chi connectivity index (χ4v) is 3.97. The van der Waals surface area contributed by atoms with E-state index in [9.17, 15) is 9.90 Å². The molecular weight excluding hydrogens is 178 g/mol. The Morgan fingerprint density at radius 3 is 2.43 bits per heavy atom. The van der Waals surface area contributed by atoms with Gasteiger partial charge in [-0.25, -0.2) is 0 Å². The highest BCUT2D eigenvalue weighted by Crippen LogP contribution is 2.59. The quantitative estimate of drug-likeness (QED) is 0.637. The summed E-state index contributed by atoms with van der Waals surface area (Å²) in [6.07, 6.45) is 5.70. The SMILES string of the molecule is NC(=O)C12[CH]C3CC(C1)C(O)C(C3)C2. The lowest BCUT2D eigenvalue weighted by atomic mass is 9.48. The first kappa shape index (κ1) is 8.72. The lowest BCUT2D eigenvalue weighted by Crippen LogP contribution is -2.58. The van der Waals surface area contributed by atoms with Gasteiger partial charge in [-0.1, -0.05) is 0 Å². The van der Waals surface area contributed by atoms with E-state index in [2.05, 4.69) is 6.42 Å². The molecule has 3 heteroatoms. The van der Waals surface area contributed by atoms with Crippen LogP contribution in [-0.2, 0) is 4.79 Å². The molecule has 0 aromatic heterocycles. The molecule has 3 N–H and O–H groups in total. The fraction of sp³-hybridized carbons (Fsp3) is 0.818. The van der Waals surface area contributed by atoms with Gasteiger partial charge in [0.05, 0.1) is 11.5 Å². The largest absolute Gasteiger partial charge is 0.393 e. The van der Waals surface area contributed by atoms with E-state index in [0.29, 0.717) is 17.8 Å². The fourth-order valence-electron chi connectivity index (χ4n) is 3.97. The van der Waals surface area contributed by atoms with Crippen LogP contribution < -0.4 is 5.73 Å². The molecule has 3 nitrogen and oxygen atoms in total. The minimum absolute atomic E-state index is 0.174. The molecule has 4 aliphatic carbocycles. The second kappa shape index (κ2) is 2.51. The predicted molar refractivity (Wildman–Crippen MR) is 50.9 cm³/mol. The number of hydrogen-bond acceptors (Lipinski definition) is 2. The molecule has 2 atom stereocenters. The number of hydrogen-bond donors (Lipinski definition) is 2. The second-order valence-electron chi connectivity index (χ2n) is 5.34. The molecule has 1 amide bonds. The van der Waals surface area contributed by atoms with Crippen molar-refractivity contribution in [1.29, 1.82) is 0 Å². The van der Waals surface area contributed by atoms with Gasteiger partial charge in [-0.3, -0.25) is 4.79 Å². The Morgan fingerprint density at radius 2 is 1.93 bits per heavy atom. The van der Waals surface area contributed by atoms with E-state index in [-0.39, 0.29) is 17.4 Å². The number of aliphatic hydroxyl groups is 1. The van der Waals surface area contributed by atoms with Gasteiger partial charge in [0.2, 0.25) is 5.91 Å². The van der Waals surface area contributed by atoms with E-state index in [1.54, 1.807) is 0 Å². The molecule has 0 aromatic carbocycles. The topological polar surface area (TPSA) is 63.3 Å². The average Bonchev–Trinajstić information content (AvgIpc) is 2.12. The van der Waals surface area contributed by atoms with E-state index in [1.165, 1.54) is 0 Å². The maximum absolute atomic E-state index is 11.5. The van der Waals surface area contributed by atoms with Crippen LogP contribution >= 0.6 is 0 Å². The minimum Gasteiger partial charge on any atom is -0.393 e. The summed E-state index contributed by atoms with van der Waals surface area (Å²) in [6.45, 7) is 0. The Balaban J connectivity index is 1.96. The Bertz CT molecular complexity index is 273. The Kier molecular flexibility index (Phi) is 1.56. The van der Waals surface area contributed by atoms with Crippen LogP contribution in [0.3, 0.4) is 0 Å². The molecule has 4 rings (SSSR count). The zero-order valence-corrected chi connectivity index (χ0v) is 8.15. The molecule has 4 aliphatic rings. The molecule has 4 saturated carbocycles. The third-order valence-electron chi connectivity index (χ3n) is 4.48. The molecule has 4 bridgehead atoms. The van der Waals surface area contributed by atoms with Crippen LogP contribution in [0, 0.1) is 29.6 Å². The molecule has 77 valence electrons. The molecule has 1 radical (unpaired) electrons. The molecule has 0 saturated heterocycles. The van der Waals surface area contributed by atoms with Crippen LogP contribution in [0.2, 0.25) is 0 Å². The van der Waals surface area contributed by atoms with Crippen LogP contribution in [0.5, 0.6) is 0 Å². The lowest BCUT2D eigenvalue weighted by molar-refractivity contribution is -0.146. The van der Waals surface area contributed by atoms with Crippen LogP contribution in [0.1, 0.15) is 25.7 Å². The molecule has 14 heavy (non-hydrogen) atoms. The molecule has 4 fully saturated rings. The highest BCUT2D eigenvalue weighted by atomic mass is 16.3. The van der Waals surface area contributed by atoms with Gasteiger partial charge in [0, 0.05) is 0 Å². The maximum atomic E-state index is 11.5. The Morgan fingerprint density at radius 1 is 1.36 bits per heavy atom. The average molecular weight is 194 g/mol. The van der Waals surface area contributed by atoms with E-state index < -0.39 is 0 Å². The summed E-state index contributed by atoms with van der Waals surface area (Å²) in [4.78, 5) is 11.5. The molecule has 0 spiro atoms. The molecule has 0 heterocycles. The summed E-state index contributed by atoms with van der Waals surface area (Å²) in [5.74, 6) is 1.00. The van der Waals surface area contributed by atoms with Crippen molar-refractivity contribution in [2.24, 2.45) is 28.9 Å². The number of aliphatic hydroxyl groups excluding tert-OH is 1. The molecule has 0 aliphatic heterocycles. The molecule has 0 aromatic rings. The summed E-state index contributed by atoms with van der Waals surface area (Å²) in [5, 5.41) is 9.96. The van der Waals surface area contributed by atoms with Crippen LogP contribution in [0.15, 0.2) is 0 Å². The van der Waals surface area contributed by atoms with Crippen LogP contribution in [-0.4, -0.2) is 17.1 Å². The second-order valence-corrected chi connectivity index (χ2v) is 5.34. The van der Waals surface area contributed by atoms with Gasteiger partial charge in [-0.05, 0) is 49.9 Å². The van der Waals surface area contributed by atoms with Gasteiger partial charge in [0.25, 0.3) is 0 Å². The van der Waals surface area contributed by atoms with Crippen molar-refractivity contribution in [2.75, 3.05) is 0 Å². The maximum Gasteiger partial charge on any atom is 0.223 e. The van der Waals surface area contributed by atoms with E-state index in [1.807, 2.05) is 0 Å². The molecular formula is C11H16NO2. The van der Waals surface area contributed by atoms with Gasteiger partial charge in [-0.15, -0.1) is 0 Å². The van der Waals surface area contributed by atoms with Crippen molar-refractivity contribution >= 4 is 5.91 Å².